The van der Waals surface area contributed by atoms with Crippen molar-refractivity contribution in [3.63, 3.8) is 0 Å². The molecule has 0 fully saturated rings. The number of amides is 1. The molecular weight excluding hydrogens is 474 g/mol. The average molecular weight is 497 g/mol. The number of hydrogen-bond acceptors (Lipinski definition) is 3. The van der Waals surface area contributed by atoms with Gasteiger partial charge in [0.25, 0.3) is 0 Å². The predicted molar refractivity (Wildman–Crippen MR) is 131 cm³/mol. The first-order chi connectivity index (χ1) is 17.0. The highest BCUT2D eigenvalue weighted by Gasteiger charge is 2.34. The smallest absolute Gasteiger partial charge is 0.419 e. The highest BCUT2D eigenvalue weighted by Crippen LogP contribution is 2.40. The van der Waals surface area contributed by atoms with Crippen molar-refractivity contribution >= 4 is 28.1 Å². The van der Waals surface area contributed by atoms with E-state index >= 15 is 0 Å². The van der Waals surface area contributed by atoms with Crippen molar-refractivity contribution in [3.8, 4) is 16.9 Å². The van der Waals surface area contributed by atoms with E-state index in [-0.39, 0.29) is 5.69 Å². The third-order valence-corrected chi connectivity index (χ3v) is 5.92. The Balaban J connectivity index is 1.72. The van der Waals surface area contributed by atoms with Crippen LogP contribution in [0.2, 0.25) is 0 Å². The fraction of sp³-hybridized carbons (Fsp3) is 0.179. The van der Waals surface area contributed by atoms with Crippen molar-refractivity contribution in [2.75, 3.05) is 12.4 Å². The Morgan fingerprint density at radius 1 is 1.06 bits per heavy atom. The lowest BCUT2D eigenvalue weighted by Gasteiger charge is -2.14. The number of nitrogens with one attached hydrogen (secondary N) is 1. The SMILES string of the molecule is COc1c(/C(C)=C/C(=O)Nc2ccc(F)c(C(F)(F)F)c2)cc2c(-c3ccc(C)cc3)coc2c1C. The minimum Gasteiger partial charge on any atom is -0.496 e. The van der Waals surface area contributed by atoms with Crippen molar-refractivity contribution in [2.24, 2.45) is 0 Å². The Morgan fingerprint density at radius 2 is 1.75 bits per heavy atom. The van der Waals surface area contributed by atoms with Gasteiger partial charge in [0, 0.05) is 33.8 Å². The molecule has 0 atom stereocenters. The van der Waals surface area contributed by atoms with E-state index in [0.29, 0.717) is 34.6 Å². The van der Waals surface area contributed by atoms with E-state index in [1.165, 1.54) is 13.2 Å². The summed E-state index contributed by atoms with van der Waals surface area (Å²) in [4.78, 5) is 12.6. The van der Waals surface area contributed by atoms with E-state index in [1.54, 1.807) is 13.2 Å². The van der Waals surface area contributed by atoms with Crippen LogP contribution in [0.1, 0.15) is 29.2 Å². The van der Waals surface area contributed by atoms with Crippen LogP contribution in [0.5, 0.6) is 5.75 Å². The number of anilines is 1. The van der Waals surface area contributed by atoms with Crippen LogP contribution in [0.3, 0.4) is 0 Å². The van der Waals surface area contributed by atoms with Crippen molar-refractivity contribution in [1.82, 2.24) is 0 Å². The molecular formula is C28H23F4NO3. The maximum absolute atomic E-state index is 13.6. The number of alkyl halides is 3. The van der Waals surface area contributed by atoms with Gasteiger partial charge in [-0.15, -0.1) is 0 Å². The van der Waals surface area contributed by atoms with E-state index in [4.69, 9.17) is 9.15 Å². The van der Waals surface area contributed by atoms with Crippen molar-refractivity contribution < 1.29 is 31.5 Å². The molecule has 1 heterocycles. The quantitative estimate of drug-likeness (QED) is 0.225. The second kappa shape index (κ2) is 9.53. The van der Waals surface area contributed by atoms with Crippen LogP contribution in [0, 0.1) is 19.7 Å². The maximum Gasteiger partial charge on any atom is 0.419 e. The van der Waals surface area contributed by atoms with Gasteiger partial charge in [0.1, 0.15) is 17.1 Å². The summed E-state index contributed by atoms with van der Waals surface area (Å²) in [6.45, 7) is 5.54. The molecule has 0 radical (unpaired) electrons. The van der Waals surface area contributed by atoms with Gasteiger partial charge in [0.15, 0.2) is 0 Å². The van der Waals surface area contributed by atoms with Crippen LogP contribution in [0.15, 0.2) is 65.3 Å². The van der Waals surface area contributed by atoms with Gasteiger partial charge in [-0.1, -0.05) is 29.8 Å². The first-order valence-electron chi connectivity index (χ1n) is 11.0. The number of hydrogen-bond donors (Lipinski definition) is 1. The number of fused-ring (bicyclic) bond motifs is 1. The lowest BCUT2D eigenvalue weighted by Crippen LogP contribution is -2.12. The fourth-order valence-corrected chi connectivity index (χ4v) is 4.10. The van der Waals surface area contributed by atoms with Gasteiger partial charge in [-0.05, 0) is 56.2 Å². The number of halogens is 4. The first-order valence-corrected chi connectivity index (χ1v) is 11.0. The van der Waals surface area contributed by atoms with Gasteiger partial charge in [0.2, 0.25) is 5.91 Å². The van der Waals surface area contributed by atoms with Crippen molar-refractivity contribution in [2.45, 2.75) is 26.9 Å². The zero-order valence-corrected chi connectivity index (χ0v) is 20.0. The molecule has 36 heavy (non-hydrogen) atoms. The Hall–Kier alpha value is -4.07. The fourth-order valence-electron chi connectivity index (χ4n) is 4.10. The molecule has 1 aromatic heterocycles. The molecule has 0 bridgehead atoms. The van der Waals surface area contributed by atoms with Crippen molar-refractivity contribution in [1.29, 1.82) is 0 Å². The van der Waals surface area contributed by atoms with E-state index in [9.17, 15) is 22.4 Å². The zero-order chi connectivity index (χ0) is 26.2. The normalized spacial score (nSPS) is 12.2. The zero-order valence-electron chi connectivity index (χ0n) is 20.0. The lowest BCUT2D eigenvalue weighted by atomic mass is 9.96. The summed E-state index contributed by atoms with van der Waals surface area (Å²) in [5, 5.41) is 3.20. The van der Waals surface area contributed by atoms with Crippen molar-refractivity contribution in [3.05, 3.63) is 88.9 Å². The van der Waals surface area contributed by atoms with Crippen LogP contribution in [0.25, 0.3) is 27.7 Å². The predicted octanol–water partition coefficient (Wildman–Crippen LogP) is 7.93. The Kier molecular flexibility index (Phi) is 6.63. The number of ether oxygens (including phenoxy) is 1. The molecule has 0 saturated carbocycles. The van der Waals surface area contributed by atoms with Gasteiger partial charge in [0.05, 0.1) is 18.9 Å². The molecule has 1 N–H and O–H groups in total. The van der Waals surface area contributed by atoms with E-state index in [0.717, 1.165) is 33.7 Å². The molecule has 0 unspecified atom stereocenters. The van der Waals surface area contributed by atoms with Gasteiger partial charge in [-0.3, -0.25) is 4.79 Å². The molecule has 4 aromatic rings. The summed E-state index contributed by atoms with van der Waals surface area (Å²) < 4.78 is 64.0. The first kappa shape index (κ1) is 25.0. The van der Waals surface area contributed by atoms with E-state index in [1.807, 2.05) is 44.2 Å². The molecule has 4 rings (SSSR count). The summed E-state index contributed by atoms with van der Waals surface area (Å²) in [6, 6.07) is 12.1. The van der Waals surface area contributed by atoms with Crippen LogP contribution >= 0.6 is 0 Å². The molecule has 186 valence electrons. The minimum atomic E-state index is -4.88. The molecule has 0 aliphatic rings. The Morgan fingerprint density at radius 3 is 2.39 bits per heavy atom. The second-order valence-electron chi connectivity index (χ2n) is 8.48. The monoisotopic (exact) mass is 497 g/mol. The number of benzene rings is 3. The number of furan rings is 1. The van der Waals surface area contributed by atoms with Gasteiger partial charge >= 0.3 is 6.18 Å². The summed E-state index contributed by atoms with van der Waals surface area (Å²) in [5.41, 5.74) is 3.87. The Bertz CT molecular complexity index is 1480. The molecule has 0 aliphatic carbocycles. The molecule has 0 aliphatic heterocycles. The van der Waals surface area contributed by atoms with Gasteiger partial charge < -0.3 is 14.5 Å². The second-order valence-corrected chi connectivity index (χ2v) is 8.48. The molecule has 0 spiro atoms. The largest absolute Gasteiger partial charge is 0.496 e. The summed E-state index contributed by atoms with van der Waals surface area (Å²) in [5.74, 6) is -1.57. The summed E-state index contributed by atoms with van der Waals surface area (Å²) >= 11 is 0. The molecule has 4 nitrogen and oxygen atoms in total. The van der Waals surface area contributed by atoms with E-state index in [2.05, 4.69) is 5.32 Å². The number of aryl methyl sites for hydroxylation is 2. The summed E-state index contributed by atoms with van der Waals surface area (Å²) in [6.07, 6.45) is -1.95. The van der Waals surface area contributed by atoms with Crippen LogP contribution in [-0.2, 0) is 11.0 Å². The van der Waals surface area contributed by atoms with Gasteiger partial charge in [-0.25, -0.2) is 4.39 Å². The molecule has 3 aromatic carbocycles. The standard InChI is InChI=1S/C28H23F4NO3/c1-15-5-7-18(8-6-15)22-14-36-27-17(3)26(35-4)20(13-21(22)27)16(2)11-25(34)33-19-9-10-24(29)23(12-19)28(30,31)32/h5-14H,1-4H3,(H,33,34)/b16-11+. The molecule has 1 amide bonds. The van der Waals surface area contributed by atoms with Crippen LogP contribution < -0.4 is 10.1 Å². The number of allylic oxidation sites excluding steroid dienone is 1. The number of methoxy groups -OCH3 is 1. The molecule has 0 saturated heterocycles. The maximum atomic E-state index is 13.6. The average Bonchev–Trinajstić information content (AvgIpc) is 3.24. The highest BCUT2D eigenvalue weighted by molar-refractivity contribution is 6.06. The lowest BCUT2D eigenvalue weighted by molar-refractivity contribution is -0.140. The Labute approximate surface area is 205 Å². The number of carbonyl (C=O) groups excluding carboxylic acids is 1. The van der Waals surface area contributed by atoms with E-state index < -0.39 is 23.5 Å². The topological polar surface area (TPSA) is 51.5 Å². The molecule has 8 heteroatoms. The third-order valence-electron chi connectivity index (χ3n) is 5.92. The summed E-state index contributed by atoms with van der Waals surface area (Å²) in [7, 11) is 1.51. The van der Waals surface area contributed by atoms with Gasteiger partial charge in [-0.2, -0.15) is 13.2 Å². The van der Waals surface area contributed by atoms with Crippen LogP contribution in [0.4, 0.5) is 23.2 Å². The third kappa shape index (κ3) is 4.84. The highest BCUT2D eigenvalue weighted by atomic mass is 19.4. The minimum absolute atomic E-state index is 0.173. The number of carbonyl (C=O) groups is 1. The van der Waals surface area contributed by atoms with Crippen LogP contribution in [-0.4, -0.2) is 13.0 Å². The number of rotatable bonds is 5.